The number of amides is 2. The predicted molar refractivity (Wildman–Crippen MR) is 173 cm³/mol. The fourth-order valence-electron chi connectivity index (χ4n) is 4.50. The first kappa shape index (κ1) is 33.9. The molecule has 11 heteroatoms. The number of phenols is 1. The van der Waals surface area contributed by atoms with Crippen molar-refractivity contribution in [1.29, 1.82) is 0 Å². The van der Waals surface area contributed by atoms with Crippen LogP contribution in [0.5, 0.6) is 11.5 Å². The third kappa shape index (κ3) is 10.6. The molecule has 242 valence electrons. The maximum atomic E-state index is 12.8. The molecule has 4 rings (SSSR count). The summed E-state index contributed by atoms with van der Waals surface area (Å²) in [6.45, 7) is 2.88. The van der Waals surface area contributed by atoms with Crippen molar-refractivity contribution < 1.29 is 39.2 Å². The fraction of sp³-hybridized carbons (Fsp3) is 0.257. The Kier molecular flexibility index (Phi) is 12.9. The third-order valence-electron chi connectivity index (χ3n) is 6.85. The Hall–Kier alpha value is -4.94. The molecule has 46 heavy (non-hydrogen) atoms. The molecule has 0 heterocycles. The van der Waals surface area contributed by atoms with Crippen LogP contribution in [0.15, 0.2) is 97.1 Å². The molecule has 1 atom stereocenters. The number of carbonyl (C=O) groups excluding carboxylic acids is 2. The summed E-state index contributed by atoms with van der Waals surface area (Å²) < 4.78 is 11.6. The van der Waals surface area contributed by atoms with E-state index in [1.807, 2.05) is 36.4 Å². The van der Waals surface area contributed by atoms with Crippen molar-refractivity contribution in [3.8, 4) is 11.5 Å². The second kappa shape index (κ2) is 17.5. The topological polar surface area (TPSA) is 150 Å². The van der Waals surface area contributed by atoms with E-state index in [1.54, 1.807) is 54.6 Å². The average Bonchev–Trinajstić information content (AvgIpc) is 3.06. The van der Waals surface area contributed by atoms with Crippen LogP contribution >= 0.6 is 0 Å². The van der Waals surface area contributed by atoms with Gasteiger partial charge in [-0.25, -0.2) is 9.59 Å². The summed E-state index contributed by atoms with van der Waals surface area (Å²) in [4.78, 5) is 29.7. The van der Waals surface area contributed by atoms with Gasteiger partial charge in [0, 0.05) is 24.7 Å². The number of hydrogen-bond acceptors (Lipinski definition) is 9. The van der Waals surface area contributed by atoms with E-state index in [-0.39, 0.29) is 19.0 Å². The Bertz CT molecular complexity index is 1550. The highest BCUT2D eigenvalue weighted by Crippen LogP contribution is 2.23. The van der Waals surface area contributed by atoms with Gasteiger partial charge >= 0.3 is 12.0 Å². The summed E-state index contributed by atoms with van der Waals surface area (Å²) in [5.74, 6) is 0.0873. The number of para-hydroxylation sites is 1. The molecule has 11 nitrogen and oxygen atoms in total. The van der Waals surface area contributed by atoms with E-state index in [1.165, 1.54) is 13.0 Å². The molecule has 0 saturated heterocycles. The van der Waals surface area contributed by atoms with Crippen LogP contribution in [0.1, 0.15) is 35.3 Å². The van der Waals surface area contributed by atoms with Crippen LogP contribution in [0.25, 0.3) is 0 Å². The second-order valence-electron chi connectivity index (χ2n) is 10.4. The molecule has 0 spiro atoms. The van der Waals surface area contributed by atoms with Gasteiger partial charge in [0.1, 0.15) is 18.1 Å². The number of aromatic hydroxyl groups is 1. The molecule has 5 N–H and O–H groups in total. The number of nitrogens with one attached hydrogen (secondary N) is 2. The standard InChI is InChI=1S/C35H39N3O8/c1-25(40)46-38(35(43)37-30-7-3-2-4-8-30)31-9-5-6-27(20-31)24-44-18-19-45-32-13-10-26(11-14-32)16-17-36-22-34(42)28-12-15-33(41)29(21-28)23-39/h2-15,20-21,34,36,39,41-42H,16-19,22-24H2,1H3,(H,37,43)/t34-/m0/s1. The predicted octanol–water partition coefficient (Wildman–Crippen LogP) is 4.86. The first-order valence-corrected chi connectivity index (χ1v) is 14.9. The second-order valence-corrected chi connectivity index (χ2v) is 10.4. The third-order valence-corrected chi connectivity index (χ3v) is 6.85. The van der Waals surface area contributed by atoms with E-state index in [4.69, 9.17) is 14.3 Å². The molecular formula is C35H39N3O8. The molecule has 0 aromatic heterocycles. The number of urea groups is 1. The van der Waals surface area contributed by atoms with E-state index in [2.05, 4.69) is 10.6 Å². The molecule has 2 amide bonds. The highest BCUT2D eigenvalue weighted by molar-refractivity contribution is 6.01. The monoisotopic (exact) mass is 629 g/mol. The lowest BCUT2D eigenvalue weighted by Gasteiger charge is -2.21. The van der Waals surface area contributed by atoms with Gasteiger partial charge in [0.15, 0.2) is 0 Å². The van der Waals surface area contributed by atoms with Crippen molar-refractivity contribution in [3.63, 3.8) is 0 Å². The van der Waals surface area contributed by atoms with Crippen molar-refractivity contribution in [2.75, 3.05) is 36.7 Å². The zero-order valence-electron chi connectivity index (χ0n) is 25.6. The number of hydroxylamine groups is 1. The molecule has 0 aliphatic carbocycles. The van der Waals surface area contributed by atoms with Gasteiger partial charge in [-0.15, -0.1) is 5.06 Å². The van der Waals surface area contributed by atoms with Crippen molar-refractivity contribution in [2.45, 2.75) is 32.7 Å². The van der Waals surface area contributed by atoms with Crippen LogP contribution in [0.4, 0.5) is 16.2 Å². The molecule has 4 aromatic rings. The van der Waals surface area contributed by atoms with Gasteiger partial charge in [0.05, 0.1) is 31.6 Å². The van der Waals surface area contributed by atoms with E-state index < -0.39 is 18.1 Å². The van der Waals surface area contributed by atoms with Crippen LogP contribution in [-0.2, 0) is 34.0 Å². The van der Waals surface area contributed by atoms with Crippen molar-refractivity contribution in [2.24, 2.45) is 0 Å². The summed E-state index contributed by atoms with van der Waals surface area (Å²) in [5.41, 5.74) is 3.84. The maximum Gasteiger partial charge on any atom is 0.359 e. The summed E-state index contributed by atoms with van der Waals surface area (Å²) >= 11 is 0. The molecule has 0 bridgehead atoms. The molecule has 0 aliphatic heterocycles. The number of rotatable bonds is 15. The lowest BCUT2D eigenvalue weighted by atomic mass is 10.1. The normalized spacial score (nSPS) is 11.5. The minimum Gasteiger partial charge on any atom is -0.508 e. The first-order chi connectivity index (χ1) is 22.3. The number of carbonyl (C=O) groups is 2. The van der Waals surface area contributed by atoms with Gasteiger partial charge in [0.2, 0.25) is 0 Å². The lowest BCUT2D eigenvalue weighted by Crippen LogP contribution is -2.36. The van der Waals surface area contributed by atoms with Crippen molar-refractivity contribution in [3.05, 3.63) is 119 Å². The average molecular weight is 630 g/mol. The van der Waals surface area contributed by atoms with E-state index >= 15 is 0 Å². The van der Waals surface area contributed by atoms with E-state index in [0.29, 0.717) is 54.6 Å². The maximum absolute atomic E-state index is 12.8. The lowest BCUT2D eigenvalue weighted by molar-refractivity contribution is -0.141. The number of aliphatic hydroxyl groups is 2. The summed E-state index contributed by atoms with van der Waals surface area (Å²) in [6.07, 6.45) is 0.00447. The quantitative estimate of drug-likeness (QED) is 0.0918. The number of anilines is 2. The van der Waals surface area contributed by atoms with Crippen molar-refractivity contribution in [1.82, 2.24) is 5.32 Å². The van der Waals surface area contributed by atoms with Gasteiger partial charge in [0.25, 0.3) is 0 Å². The minimum absolute atomic E-state index is 0.00556. The Balaban J connectivity index is 1.16. The number of aliphatic hydroxyl groups excluding tert-OH is 2. The minimum atomic E-state index is -0.755. The van der Waals surface area contributed by atoms with Crippen LogP contribution in [0, 0.1) is 0 Å². The molecule has 0 saturated carbocycles. The molecule has 0 fully saturated rings. The number of ether oxygens (including phenoxy) is 2. The summed E-state index contributed by atoms with van der Waals surface area (Å²) in [6, 6.07) is 27.7. The Morgan fingerprint density at radius 3 is 2.41 bits per heavy atom. The Morgan fingerprint density at radius 1 is 0.891 bits per heavy atom. The molecular weight excluding hydrogens is 590 g/mol. The van der Waals surface area contributed by atoms with Crippen LogP contribution in [-0.4, -0.2) is 53.6 Å². The highest BCUT2D eigenvalue weighted by atomic mass is 16.7. The molecule has 0 radical (unpaired) electrons. The van der Waals surface area contributed by atoms with E-state index in [9.17, 15) is 24.9 Å². The molecule has 0 aliphatic rings. The van der Waals surface area contributed by atoms with E-state index in [0.717, 1.165) is 22.6 Å². The largest absolute Gasteiger partial charge is 0.508 e. The zero-order valence-corrected chi connectivity index (χ0v) is 25.6. The fourth-order valence-corrected chi connectivity index (χ4v) is 4.50. The van der Waals surface area contributed by atoms with Crippen LogP contribution in [0.3, 0.4) is 0 Å². The Morgan fingerprint density at radius 2 is 1.67 bits per heavy atom. The van der Waals surface area contributed by atoms with Crippen LogP contribution < -0.4 is 20.4 Å². The zero-order chi connectivity index (χ0) is 32.7. The van der Waals surface area contributed by atoms with Gasteiger partial charge < -0.3 is 40.3 Å². The van der Waals surface area contributed by atoms with Crippen LogP contribution in [0.2, 0.25) is 0 Å². The summed E-state index contributed by atoms with van der Waals surface area (Å²) in [5, 5.41) is 36.2. The van der Waals surface area contributed by atoms with Crippen molar-refractivity contribution >= 4 is 23.4 Å². The number of hydrogen-bond donors (Lipinski definition) is 5. The SMILES string of the molecule is CC(=O)ON(C(=O)Nc1ccccc1)c1cccc(COCCOc2ccc(CCNC[C@H](O)c3ccc(O)c(CO)c3)cc2)c1. The first-order valence-electron chi connectivity index (χ1n) is 14.9. The number of benzene rings is 4. The molecule has 4 aromatic carbocycles. The highest BCUT2D eigenvalue weighted by Gasteiger charge is 2.20. The Labute approximate surface area is 267 Å². The smallest absolute Gasteiger partial charge is 0.359 e. The molecule has 0 unspecified atom stereocenters. The van der Waals surface area contributed by atoms with Gasteiger partial charge in [-0.1, -0.05) is 48.5 Å². The van der Waals surface area contributed by atoms with Gasteiger partial charge in [-0.2, -0.15) is 0 Å². The summed E-state index contributed by atoms with van der Waals surface area (Å²) in [7, 11) is 0. The van der Waals surface area contributed by atoms with Gasteiger partial charge in [-0.05, 0) is 78.2 Å². The number of nitrogens with zero attached hydrogens (tertiary/aromatic N) is 1. The van der Waals surface area contributed by atoms with Gasteiger partial charge in [-0.3, -0.25) is 0 Å².